The van der Waals surface area contributed by atoms with E-state index in [2.05, 4.69) is 15.1 Å². The van der Waals surface area contributed by atoms with Gasteiger partial charge in [0.15, 0.2) is 5.65 Å². The van der Waals surface area contributed by atoms with E-state index in [1.807, 2.05) is 30.9 Å². The van der Waals surface area contributed by atoms with Crippen molar-refractivity contribution in [2.75, 3.05) is 19.7 Å². The van der Waals surface area contributed by atoms with Gasteiger partial charge in [-0.2, -0.15) is 0 Å². The molecule has 1 saturated heterocycles. The van der Waals surface area contributed by atoms with Crippen LogP contribution in [0.1, 0.15) is 49.4 Å². The van der Waals surface area contributed by atoms with E-state index < -0.39 is 0 Å². The van der Waals surface area contributed by atoms with Crippen molar-refractivity contribution in [3.8, 4) is 5.88 Å². The third kappa shape index (κ3) is 4.36. The topological polar surface area (TPSA) is 94.2 Å². The van der Waals surface area contributed by atoms with Crippen molar-refractivity contribution in [2.24, 2.45) is 0 Å². The van der Waals surface area contributed by atoms with E-state index in [9.17, 15) is 4.79 Å². The predicted octanol–water partition coefficient (Wildman–Crippen LogP) is 3.06. The first-order valence-corrected chi connectivity index (χ1v) is 10.1. The third-order valence-electron chi connectivity index (χ3n) is 5.19. The van der Waals surface area contributed by atoms with Crippen LogP contribution in [0.2, 0.25) is 0 Å². The van der Waals surface area contributed by atoms with E-state index in [0.29, 0.717) is 49.1 Å². The van der Waals surface area contributed by atoms with Crippen molar-refractivity contribution in [1.82, 2.24) is 25.0 Å². The fourth-order valence-corrected chi connectivity index (χ4v) is 3.85. The summed E-state index contributed by atoms with van der Waals surface area (Å²) in [5.74, 6) is 2.16. The van der Waals surface area contributed by atoms with Gasteiger partial charge in [0.25, 0.3) is 5.88 Å². The van der Waals surface area contributed by atoms with Crippen LogP contribution in [0.25, 0.3) is 11.0 Å². The molecule has 0 aromatic carbocycles. The normalized spacial score (nSPS) is 16.9. The lowest BCUT2D eigenvalue weighted by atomic mass is 9.92. The highest BCUT2D eigenvalue weighted by Crippen LogP contribution is 2.30. The SMILES string of the molecule is CCOc1cc(CCC(=O)N2CCCC(c3nc(C)nc4ncccc34)C2)on1. The Bertz CT molecular complexity index is 1000. The number of amides is 1. The lowest BCUT2D eigenvalue weighted by Crippen LogP contribution is -2.39. The van der Waals surface area contributed by atoms with Gasteiger partial charge in [-0.05, 0) is 44.0 Å². The zero-order chi connectivity index (χ0) is 20.2. The fourth-order valence-electron chi connectivity index (χ4n) is 3.85. The zero-order valence-corrected chi connectivity index (χ0v) is 16.8. The summed E-state index contributed by atoms with van der Waals surface area (Å²) >= 11 is 0. The van der Waals surface area contributed by atoms with E-state index in [4.69, 9.17) is 14.2 Å². The molecule has 3 aromatic heterocycles. The van der Waals surface area contributed by atoms with Gasteiger partial charge in [0.1, 0.15) is 11.6 Å². The average molecular weight is 395 g/mol. The minimum absolute atomic E-state index is 0.122. The highest BCUT2D eigenvalue weighted by atomic mass is 16.5. The Morgan fingerprint density at radius 3 is 3.14 bits per heavy atom. The highest BCUT2D eigenvalue weighted by Gasteiger charge is 2.27. The molecule has 1 amide bonds. The first kappa shape index (κ1) is 19.3. The second-order valence-electron chi connectivity index (χ2n) is 7.27. The van der Waals surface area contributed by atoms with Crippen LogP contribution in [-0.4, -0.2) is 50.6 Å². The molecule has 4 heterocycles. The van der Waals surface area contributed by atoms with Crippen LogP contribution in [0.3, 0.4) is 0 Å². The molecule has 152 valence electrons. The minimum Gasteiger partial charge on any atom is -0.476 e. The number of nitrogens with zero attached hydrogens (tertiary/aromatic N) is 5. The first-order valence-electron chi connectivity index (χ1n) is 10.1. The molecular weight excluding hydrogens is 370 g/mol. The summed E-state index contributed by atoms with van der Waals surface area (Å²) in [7, 11) is 0. The van der Waals surface area contributed by atoms with E-state index in [1.165, 1.54) is 0 Å². The Hall–Kier alpha value is -3.03. The van der Waals surface area contributed by atoms with Gasteiger partial charge in [-0.3, -0.25) is 4.79 Å². The van der Waals surface area contributed by atoms with Crippen LogP contribution in [0.4, 0.5) is 0 Å². The number of aryl methyl sites for hydroxylation is 2. The molecule has 1 aliphatic heterocycles. The fraction of sp³-hybridized carbons (Fsp3) is 0.476. The lowest BCUT2D eigenvalue weighted by molar-refractivity contribution is -0.132. The van der Waals surface area contributed by atoms with Gasteiger partial charge >= 0.3 is 0 Å². The van der Waals surface area contributed by atoms with Crippen molar-refractivity contribution in [3.63, 3.8) is 0 Å². The summed E-state index contributed by atoms with van der Waals surface area (Å²) in [5.41, 5.74) is 1.71. The molecule has 1 atom stereocenters. The van der Waals surface area contributed by atoms with Crippen molar-refractivity contribution in [3.05, 3.63) is 41.7 Å². The third-order valence-corrected chi connectivity index (χ3v) is 5.19. The van der Waals surface area contributed by atoms with Crippen LogP contribution in [0.5, 0.6) is 5.88 Å². The number of rotatable bonds is 6. The summed E-state index contributed by atoms with van der Waals surface area (Å²) in [4.78, 5) is 28.2. The van der Waals surface area contributed by atoms with Crippen LogP contribution in [-0.2, 0) is 11.2 Å². The maximum Gasteiger partial charge on any atom is 0.254 e. The number of carbonyl (C=O) groups excluding carboxylic acids is 1. The number of pyridine rings is 1. The van der Waals surface area contributed by atoms with Gasteiger partial charge in [0.2, 0.25) is 5.91 Å². The quantitative estimate of drug-likeness (QED) is 0.633. The van der Waals surface area contributed by atoms with Gasteiger partial charge < -0.3 is 14.2 Å². The number of aromatic nitrogens is 4. The molecule has 0 N–H and O–H groups in total. The second kappa shape index (κ2) is 8.55. The Balaban J connectivity index is 1.43. The smallest absolute Gasteiger partial charge is 0.254 e. The monoisotopic (exact) mass is 395 g/mol. The number of piperidine rings is 1. The molecular formula is C21H25N5O3. The van der Waals surface area contributed by atoms with Gasteiger partial charge in [-0.1, -0.05) is 0 Å². The van der Waals surface area contributed by atoms with Gasteiger partial charge in [0, 0.05) is 49.5 Å². The van der Waals surface area contributed by atoms with E-state index in [-0.39, 0.29) is 11.8 Å². The number of carbonyl (C=O) groups is 1. The van der Waals surface area contributed by atoms with E-state index in [1.54, 1.807) is 12.3 Å². The Morgan fingerprint density at radius 1 is 1.38 bits per heavy atom. The maximum atomic E-state index is 12.8. The first-order chi connectivity index (χ1) is 14.1. The molecule has 1 aliphatic rings. The minimum atomic E-state index is 0.122. The summed E-state index contributed by atoms with van der Waals surface area (Å²) in [6.07, 6.45) is 4.61. The summed E-state index contributed by atoms with van der Waals surface area (Å²) < 4.78 is 10.5. The number of likely N-dealkylation sites (tertiary alicyclic amines) is 1. The molecule has 29 heavy (non-hydrogen) atoms. The van der Waals surface area contributed by atoms with Crippen LogP contribution < -0.4 is 4.74 Å². The van der Waals surface area contributed by atoms with Crippen molar-refractivity contribution in [2.45, 2.75) is 45.4 Å². The molecule has 4 rings (SSSR count). The zero-order valence-electron chi connectivity index (χ0n) is 16.8. The molecule has 0 spiro atoms. The summed E-state index contributed by atoms with van der Waals surface area (Å²) in [6, 6.07) is 5.67. The van der Waals surface area contributed by atoms with Gasteiger partial charge in [-0.25, -0.2) is 15.0 Å². The van der Waals surface area contributed by atoms with E-state index >= 15 is 0 Å². The Morgan fingerprint density at radius 2 is 2.28 bits per heavy atom. The molecule has 0 aliphatic carbocycles. The summed E-state index contributed by atoms with van der Waals surface area (Å²) in [6.45, 7) is 5.75. The van der Waals surface area contributed by atoms with Crippen LogP contribution >= 0.6 is 0 Å². The molecule has 8 nitrogen and oxygen atoms in total. The molecule has 0 saturated carbocycles. The van der Waals surface area contributed by atoms with Crippen LogP contribution in [0, 0.1) is 6.92 Å². The molecule has 1 fully saturated rings. The van der Waals surface area contributed by atoms with Crippen molar-refractivity contribution >= 4 is 16.9 Å². The Kier molecular flexibility index (Phi) is 5.69. The van der Waals surface area contributed by atoms with Crippen molar-refractivity contribution < 1.29 is 14.1 Å². The van der Waals surface area contributed by atoms with Crippen molar-refractivity contribution in [1.29, 1.82) is 0 Å². The second-order valence-corrected chi connectivity index (χ2v) is 7.27. The number of hydrogen-bond donors (Lipinski definition) is 0. The molecule has 8 heteroatoms. The lowest BCUT2D eigenvalue weighted by Gasteiger charge is -2.33. The van der Waals surface area contributed by atoms with E-state index in [0.717, 1.165) is 30.5 Å². The molecule has 1 unspecified atom stereocenters. The van der Waals surface area contributed by atoms with Gasteiger partial charge in [-0.15, -0.1) is 0 Å². The number of ether oxygens (including phenoxy) is 1. The number of fused-ring (bicyclic) bond motifs is 1. The molecule has 0 bridgehead atoms. The largest absolute Gasteiger partial charge is 0.476 e. The molecule has 3 aromatic rings. The number of hydrogen-bond acceptors (Lipinski definition) is 7. The molecule has 0 radical (unpaired) electrons. The summed E-state index contributed by atoms with van der Waals surface area (Å²) in [5, 5.41) is 4.82. The average Bonchev–Trinajstić information content (AvgIpc) is 3.19. The highest BCUT2D eigenvalue weighted by molar-refractivity contribution is 5.79. The standard InChI is InChI=1S/C21H25N5O3/c1-3-28-18-12-16(29-25-18)8-9-19(27)26-11-5-6-15(13-26)20-17-7-4-10-22-21(17)24-14(2)23-20/h4,7,10,12,15H,3,5-6,8-9,11,13H2,1-2H3. The van der Waals surface area contributed by atoms with Crippen LogP contribution in [0.15, 0.2) is 28.9 Å². The van der Waals surface area contributed by atoms with Gasteiger partial charge in [0.05, 0.1) is 12.3 Å². The maximum absolute atomic E-state index is 12.8. The Labute approximate surface area is 169 Å². The predicted molar refractivity (Wildman–Crippen MR) is 107 cm³/mol.